The Bertz CT molecular complexity index is 810. The third-order valence-electron chi connectivity index (χ3n) is 8.45. The zero-order chi connectivity index (χ0) is 35.4. The summed E-state index contributed by atoms with van der Waals surface area (Å²) in [6.07, 6.45) is 34.7. The van der Waals surface area contributed by atoms with Gasteiger partial charge >= 0.3 is 13.8 Å². The summed E-state index contributed by atoms with van der Waals surface area (Å²) in [5, 5.41) is 12.6. The molecule has 2 atom stereocenters. The minimum Gasteiger partial charge on any atom is -0.463 e. The molecule has 0 aromatic rings. The first-order valence-corrected chi connectivity index (χ1v) is 21.2. The fourth-order valence-corrected chi connectivity index (χ4v) is 6.19. The largest absolute Gasteiger partial charge is 0.472 e. The van der Waals surface area contributed by atoms with Gasteiger partial charge in [0.25, 0.3) is 0 Å². The molecule has 0 spiro atoms. The maximum Gasteiger partial charge on any atom is 0.472 e. The zero-order valence-electron chi connectivity index (χ0n) is 30.9. The molecule has 0 aliphatic carbocycles. The molecule has 0 aromatic carbocycles. The van der Waals surface area contributed by atoms with Gasteiger partial charge in [-0.2, -0.15) is 0 Å². The number of esters is 1. The van der Waals surface area contributed by atoms with Crippen molar-refractivity contribution in [3.05, 3.63) is 12.2 Å². The van der Waals surface area contributed by atoms with Gasteiger partial charge in [0.1, 0.15) is 12.7 Å². The average molecular weight is 704 g/mol. The molecular weight excluding hydrogens is 629 g/mol. The van der Waals surface area contributed by atoms with E-state index in [0.29, 0.717) is 6.42 Å². The van der Waals surface area contributed by atoms with Crippen LogP contribution in [0, 0.1) is 0 Å². The van der Waals surface area contributed by atoms with E-state index in [4.69, 9.17) is 13.8 Å². The van der Waals surface area contributed by atoms with Crippen LogP contribution < -0.4 is 5.32 Å². The number of amides is 1. The van der Waals surface area contributed by atoms with Crippen molar-refractivity contribution < 1.29 is 37.9 Å². The smallest absolute Gasteiger partial charge is 0.463 e. The Morgan fingerprint density at radius 3 is 1.56 bits per heavy atom. The van der Waals surface area contributed by atoms with Crippen molar-refractivity contribution in [2.24, 2.45) is 0 Å². The predicted octanol–water partition coefficient (Wildman–Crippen LogP) is 10.3. The highest BCUT2D eigenvalue weighted by Gasteiger charge is 2.23. The van der Waals surface area contributed by atoms with Crippen molar-refractivity contribution in [1.82, 2.24) is 5.32 Å². The van der Waals surface area contributed by atoms with Gasteiger partial charge in [-0.05, 0) is 38.5 Å². The summed E-state index contributed by atoms with van der Waals surface area (Å²) in [4.78, 5) is 33.6. The number of hydrogen-bond donors (Lipinski definition) is 3. The number of ether oxygens (including phenoxy) is 1. The molecule has 0 aliphatic rings. The Morgan fingerprint density at radius 2 is 1.06 bits per heavy atom. The zero-order valence-corrected chi connectivity index (χ0v) is 31.8. The first-order chi connectivity index (χ1) is 23.3. The van der Waals surface area contributed by atoms with Crippen LogP contribution in [-0.2, 0) is 27.9 Å². The lowest BCUT2D eigenvalue weighted by atomic mass is 10.0. The first-order valence-electron chi connectivity index (χ1n) is 19.7. The van der Waals surface area contributed by atoms with E-state index in [2.05, 4.69) is 31.3 Å². The molecule has 3 N–H and O–H groups in total. The fourth-order valence-electron chi connectivity index (χ4n) is 5.43. The Morgan fingerprint density at radius 1 is 0.625 bits per heavy atom. The second-order valence-corrected chi connectivity index (χ2v) is 14.7. The van der Waals surface area contributed by atoms with E-state index in [1.165, 1.54) is 116 Å². The standard InChI is InChI=1S/C38H74NO8P/c1-3-5-7-9-11-12-13-14-15-16-17-18-19-20-21-22-23-24-25-26-28-30-37(41)39-32-33-46-48(43,44)47-35-36(40)34-45-38(42)31-29-27-10-8-6-4-2/h14-15,36,40H,3-13,16-35H2,1-2H3,(H,39,41)(H,43,44)/b15-14+. The van der Waals surface area contributed by atoms with E-state index in [9.17, 15) is 24.2 Å². The van der Waals surface area contributed by atoms with Gasteiger partial charge in [-0.15, -0.1) is 0 Å². The van der Waals surface area contributed by atoms with Gasteiger partial charge in [0, 0.05) is 19.4 Å². The normalized spacial score (nSPS) is 13.5. The van der Waals surface area contributed by atoms with Gasteiger partial charge in [0.2, 0.25) is 5.91 Å². The highest BCUT2D eigenvalue weighted by molar-refractivity contribution is 7.47. The van der Waals surface area contributed by atoms with Crippen molar-refractivity contribution in [3.63, 3.8) is 0 Å². The lowest BCUT2D eigenvalue weighted by Crippen LogP contribution is -2.27. The van der Waals surface area contributed by atoms with E-state index in [1.54, 1.807) is 0 Å². The number of rotatable bonds is 37. The number of nitrogens with one attached hydrogen (secondary N) is 1. The van der Waals surface area contributed by atoms with Crippen LogP contribution in [0.3, 0.4) is 0 Å². The number of phosphoric ester groups is 1. The fraction of sp³-hybridized carbons (Fsp3) is 0.895. The number of aliphatic hydroxyl groups excluding tert-OH is 1. The van der Waals surface area contributed by atoms with Crippen LogP contribution in [0.4, 0.5) is 0 Å². The summed E-state index contributed by atoms with van der Waals surface area (Å²) in [7, 11) is -4.40. The molecule has 0 aliphatic heterocycles. The summed E-state index contributed by atoms with van der Waals surface area (Å²) >= 11 is 0. The lowest BCUT2D eigenvalue weighted by molar-refractivity contribution is -0.147. The summed E-state index contributed by atoms with van der Waals surface area (Å²) in [5.74, 6) is -0.522. The number of carbonyl (C=O) groups excluding carboxylic acids is 2. The topological polar surface area (TPSA) is 131 Å². The number of phosphoric acid groups is 1. The van der Waals surface area contributed by atoms with Gasteiger partial charge in [0.15, 0.2) is 0 Å². The van der Waals surface area contributed by atoms with E-state index < -0.39 is 26.5 Å². The van der Waals surface area contributed by atoms with Crippen molar-refractivity contribution in [1.29, 1.82) is 0 Å². The van der Waals surface area contributed by atoms with Gasteiger partial charge in [0.05, 0.1) is 13.2 Å². The van der Waals surface area contributed by atoms with Crippen LogP contribution in [0.2, 0.25) is 0 Å². The summed E-state index contributed by atoms with van der Waals surface area (Å²) in [6.45, 7) is 3.48. The van der Waals surface area contributed by atoms with E-state index in [-0.39, 0.29) is 32.1 Å². The van der Waals surface area contributed by atoms with Crippen molar-refractivity contribution in [2.75, 3.05) is 26.4 Å². The molecule has 0 aromatic heterocycles. The van der Waals surface area contributed by atoms with E-state index in [0.717, 1.165) is 44.9 Å². The molecule has 48 heavy (non-hydrogen) atoms. The second-order valence-electron chi connectivity index (χ2n) is 13.3. The Balaban J connectivity index is 3.52. The molecule has 0 saturated carbocycles. The molecule has 0 radical (unpaired) electrons. The maximum absolute atomic E-state index is 12.0. The number of carbonyl (C=O) groups is 2. The average Bonchev–Trinajstić information content (AvgIpc) is 3.07. The minimum atomic E-state index is -4.40. The molecule has 2 unspecified atom stereocenters. The third-order valence-corrected chi connectivity index (χ3v) is 9.43. The van der Waals surface area contributed by atoms with Crippen LogP contribution in [0.25, 0.3) is 0 Å². The number of allylic oxidation sites excluding steroid dienone is 2. The molecule has 0 heterocycles. The lowest BCUT2D eigenvalue weighted by Gasteiger charge is -2.15. The van der Waals surface area contributed by atoms with Crippen molar-refractivity contribution in [3.8, 4) is 0 Å². The molecule has 284 valence electrons. The highest BCUT2D eigenvalue weighted by atomic mass is 31.2. The molecule has 0 rings (SSSR count). The van der Waals surface area contributed by atoms with Crippen LogP contribution in [0.5, 0.6) is 0 Å². The molecule has 0 bridgehead atoms. The highest BCUT2D eigenvalue weighted by Crippen LogP contribution is 2.42. The quantitative estimate of drug-likeness (QED) is 0.0252. The van der Waals surface area contributed by atoms with Gasteiger partial charge in [-0.3, -0.25) is 18.6 Å². The molecule has 9 nitrogen and oxygen atoms in total. The molecule has 10 heteroatoms. The molecule has 0 saturated heterocycles. The van der Waals surface area contributed by atoms with Crippen molar-refractivity contribution in [2.45, 2.75) is 193 Å². The molecule has 1 amide bonds. The monoisotopic (exact) mass is 704 g/mol. The van der Waals surface area contributed by atoms with Crippen LogP contribution in [0.15, 0.2) is 12.2 Å². The minimum absolute atomic E-state index is 0.0846. The Labute approximate surface area is 294 Å². The Kier molecular flexibility index (Phi) is 34.6. The van der Waals surface area contributed by atoms with Crippen LogP contribution >= 0.6 is 7.82 Å². The van der Waals surface area contributed by atoms with Crippen LogP contribution in [0.1, 0.15) is 187 Å². The van der Waals surface area contributed by atoms with Crippen molar-refractivity contribution >= 4 is 19.7 Å². The number of unbranched alkanes of at least 4 members (excludes halogenated alkanes) is 22. The summed E-state index contributed by atoms with van der Waals surface area (Å²) in [5.41, 5.74) is 0. The first kappa shape index (κ1) is 46.8. The van der Waals surface area contributed by atoms with Gasteiger partial charge in [-0.1, -0.05) is 148 Å². The predicted molar refractivity (Wildman–Crippen MR) is 197 cm³/mol. The Hall–Kier alpha value is -1.25. The van der Waals surface area contributed by atoms with Gasteiger partial charge in [-0.25, -0.2) is 4.57 Å². The maximum atomic E-state index is 12.0. The molecule has 0 fully saturated rings. The number of hydrogen-bond acceptors (Lipinski definition) is 7. The second kappa shape index (κ2) is 35.6. The SMILES string of the molecule is CCCCCCCC/C=C/CCCCCCCCCCCCCC(=O)NCCOP(=O)(O)OCC(O)COC(=O)CCCCCCCC. The van der Waals surface area contributed by atoms with E-state index in [1.807, 2.05) is 0 Å². The van der Waals surface area contributed by atoms with E-state index >= 15 is 0 Å². The van der Waals surface area contributed by atoms with Gasteiger partial charge < -0.3 is 20.1 Å². The molecular formula is C38H74NO8P. The van der Waals surface area contributed by atoms with Crippen LogP contribution in [-0.4, -0.2) is 54.3 Å². The third kappa shape index (κ3) is 36.0. The summed E-state index contributed by atoms with van der Waals surface area (Å²) in [6, 6.07) is 0. The number of aliphatic hydroxyl groups is 1. The summed E-state index contributed by atoms with van der Waals surface area (Å²) < 4.78 is 26.6.